The van der Waals surface area contributed by atoms with Gasteiger partial charge in [0.15, 0.2) is 11.5 Å². The second-order valence-electron chi connectivity index (χ2n) is 4.59. The number of benzene rings is 1. The molecule has 0 bridgehead atoms. The van der Waals surface area contributed by atoms with Crippen LogP contribution in [-0.4, -0.2) is 23.3 Å². The van der Waals surface area contributed by atoms with E-state index in [1.165, 1.54) is 6.20 Å². The molecule has 104 valence electrons. The van der Waals surface area contributed by atoms with Crippen molar-refractivity contribution in [1.29, 1.82) is 0 Å². The molecule has 1 aromatic carbocycles. The molecule has 3 rings (SSSR count). The van der Waals surface area contributed by atoms with E-state index in [9.17, 15) is 0 Å². The Balaban J connectivity index is 1.57. The highest BCUT2D eigenvalue weighted by molar-refractivity contribution is 5.43. The van der Waals surface area contributed by atoms with Crippen molar-refractivity contribution in [2.45, 2.75) is 13.1 Å². The molecule has 0 unspecified atom stereocenters. The maximum absolute atomic E-state index is 9.16. The van der Waals surface area contributed by atoms with Gasteiger partial charge in [-0.05, 0) is 29.8 Å². The van der Waals surface area contributed by atoms with Crippen molar-refractivity contribution in [1.82, 2.24) is 10.3 Å². The average Bonchev–Trinajstić information content (AvgIpc) is 2.49. The van der Waals surface area contributed by atoms with Gasteiger partial charge in [-0.3, -0.25) is 4.98 Å². The van der Waals surface area contributed by atoms with Crippen LogP contribution >= 0.6 is 0 Å². The molecule has 0 amide bonds. The van der Waals surface area contributed by atoms with E-state index in [2.05, 4.69) is 10.3 Å². The Kier molecular flexibility index (Phi) is 3.69. The lowest BCUT2D eigenvalue weighted by molar-refractivity contribution is 0.171. The second-order valence-corrected chi connectivity index (χ2v) is 4.59. The van der Waals surface area contributed by atoms with Crippen LogP contribution in [0, 0.1) is 0 Å². The third-order valence-electron chi connectivity index (χ3n) is 3.05. The molecule has 0 spiro atoms. The Morgan fingerprint density at radius 1 is 1.05 bits per heavy atom. The van der Waals surface area contributed by atoms with E-state index in [1.54, 1.807) is 12.1 Å². The summed E-state index contributed by atoms with van der Waals surface area (Å²) >= 11 is 0. The van der Waals surface area contributed by atoms with Gasteiger partial charge >= 0.3 is 0 Å². The number of nitrogens with one attached hydrogen (secondary N) is 1. The molecule has 2 N–H and O–H groups in total. The Morgan fingerprint density at radius 3 is 2.70 bits per heavy atom. The molecule has 0 saturated heterocycles. The number of hydrogen-bond donors (Lipinski definition) is 2. The molecule has 2 aromatic rings. The normalized spacial score (nSPS) is 13.2. The van der Waals surface area contributed by atoms with Crippen LogP contribution in [0.2, 0.25) is 0 Å². The smallest absolute Gasteiger partial charge is 0.161 e. The number of nitrogens with zero attached hydrogens (tertiary/aromatic N) is 1. The lowest BCUT2D eigenvalue weighted by Crippen LogP contribution is -2.17. The topological polar surface area (TPSA) is 63.6 Å². The Hall–Kier alpha value is -2.27. The molecule has 0 atom stereocenters. The van der Waals surface area contributed by atoms with E-state index in [4.69, 9.17) is 14.6 Å². The molecular weight excluding hydrogens is 256 g/mol. The van der Waals surface area contributed by atoms with Crippen molar-refractivity contribution in [2.75, 3.05) is 13.2 Å². The number of ether oxygens (including phenoxy) is 2. The zero-order valence-electron chi connectivity index (χ0n) is 11.0. The third-order valence-corrected chi connectivity index (χ3v) is 3.05. The van der Waals surface area contributed by atoms with Gasteiger partial charge in [0.1, 0.15) is 19.0 Å². The van der Waals surface area contributed by atoms with Crippen molar-refractivity contribution < 1.29 is 14.6 Å². The van der Waals surface area contributed by atoms with Crippen LogP contribution in [0.5, 0.6) is 17.2 Å². The van der Waals surface area contributed by atoms with Crippen LogP contribution in [-0.2, 0) is 13.1 Å². The summed E-state index contributed by atoms with van der Waals surface area (Å²) in [5.41, 5.74) is 2.02. The second kappa shape index (κ2) is 5.79. The number of aromatic hydroxyl groups is 1. The van der Waals surface area contributed by atoms with Gasteiger partial charge in [-0.15, -0.1) is 0 Å². The molecule has 5 heteroatoms. The standard InChI is InChI=1S/C15H16N2O3/c18-13-3-2-12(17-10-13)9-16-8-11-1-4-14-15(7-11)20-6-5-19-14/h1-4,7,10,16,18H,5-6,8-9H2. The van der Waals surface area contributed by atoms with Crippen molar-refractivity contribution >= 4 is 0 Å². The molecule has 1 aromatic heterocycles. The summed E-state index contributed by atoms with van der Waals surface area (Å²) < 4.78 is 11.0. The van der Waals surface area contributed by atoms with E-state index in [-0.39, 0.29) is 5.75 Å². The van der Waals surface area contributed by atoms with Crippen LogP contribution in [0.25, 0.3) is 0 Å². The quantitative estimate of drug-likeness (QED) is 0.889. The molecule has 0 aliphatic carbocycles. The zero-order chi connectivity index (χ0) is 13.8. The first-order valence-corrected chi connectivity index (χ1v) is 6.54. The van der Waals surface area contributed by atoms with E-state index in [0.29, 0.717) is 19.8 Å². The Labute approximate surface area is 117 Å². The minimum atomic E-state index is 0.181. The third kappa shape index (κ3) is 3.00. The summed E-state index contributed by atoms with van der Waals surface area (Å²) in [6.45, 7) is 2.58. The number of pyridine rings is 1. The molecule has 0 radical (unpaired) electrons. The summed E-state index contributed by atoms with van der Waals surface area (Å²) in [5.74, 6) is 1.79. The minimum absolute atomic E-state index is 0.181. The predicted octanol–water partition coefficient (Wildman–Crippen LogP) is 1.85. The van der Waals surface area contributed by atoms with Crippen molar-refractivity contribution in [3.05, 3.63) is 47.8 Å². The van der Waals surface area contributed by atoms with Crippen LogP contribution < -0.4 is 14.8 Å². The molecule has 1 aliphatic rings. The van der Waals surface area contributed by atoms with E-state index in [0.717, 1.165) is 29.3 Å². The highest BCUT2D eigenvalue weighted by atomic mass is 16.6. The van der Waals surface area contributed by atoms with Crippen molar-refractivity contribution in [2.24, 2.45) is 0 Å². The van der Waals surface area contributed by atoms with Crippen LogP contribution in [0.3, 0.4) is 0 Å². The van der Waals surface area contributed by atoms with Gasteiger partial charge in [-0.1, -0.05) is 6.07 Å². The average molecular weight is 272 g/mol. The zero-order valence-corrected chi connectivity index (χ0v) is 11.0. The molecule has 1 aliphatic heterocycles. The lowest BCUT2D eigenvalue weighted by Gasteiger charge is -2.18. The van der Waals surface area contributed by atoms with Gasteiger partial charge in [0.2, 0.25) is 0 Å². The molecule has 0 saturated carbocycles. The van der Waals surface area contributed by atoms with Gasteiger partial charge in [0.25, 0.3) is 0 Å². The van der Waals surface area contributed by atoms with E-state index >= 15 is 0 Å². The van der Waals surface area contributed by atoms with Gasteiger partial charge in [-0.25, -0.2) is 0 Å². The Bertz CT molecular complexity index is 584. The van der Waals surface area contributed by atoms with E-state index < -0.39 is 0 Å². The summed E-state index contributed by atoms with van der Waals surface area (Å²) in [6, 6.07) is 9.38. The molecular formula is C15H16N2O3. The number of fused-ring (bicyclic) bond motifs is 1. The lowest BCUT2D eigenvalue weighted by atomic mass is 10.2. The molecule has 20 heavy (non-hydrogen) atoms. The fourth-order valence-electron chi connectivity index (χ4n) is 2.05. The van der Waals surface area contributed by atoms with Gasteiger partial charge < -0.3 is 19.9 Å². The summed E-state index contributed by atoms with van der Waals surface area (Å²) in [7, 11) is 0. The van der Waals surface area contributed by atoms with Crippen LogP contribution in [0.1, 0.15) is 11.3 Å². The Morgan fingerprint density at radius 2 is 1.90 bits per heavy atom. The first-order valence-electron chi connectivity index (χ1n) is 6.54. The highest BCUT2D eigenvalue weighted by Crippen LogP contribution is 2.30. The summed E-state index contributed by atoms with van der Waals surface area (Å²) in [5, 5.41) is 12.5. The van der Waals surface area contributed by atoms with Crippen LogP contribution in [0.4, 0.5) is 0 Å². The van der Waals surface area contributed by atoms with Crippen molar-refractivity contribution in [3.8, 4) is 17.2 Å². The first kappa shape index (κ1) is 12.7. The van der Waals surface area contributed by atoms with Gasteiger partial charge in [-0.2, -0.15) is 0 Å². The fraction of sp³-hybridized carbons (Fsp3) is 0.267. The SMILES string of the molecule is Oc1ccc(CNCc2ccc3c(c2)OCCO3)nc1. The fourth-order valence-corrected chi connectivity index (χ4v) is 2.05. The molecule has 5 nitrogen and oxygen atoms in total. The maximum Gasteiger partial charge on any atom is 0.161 e. The predicted molar refractivity (Wildman–Crippen MR) is 73.9 cm³/mol. The van der Waals surface area contributed by atoms with Gasteiger partial charge in [0, 0.05) is 13.1 Å². The monoisotopic (exact) mass is 272 g/mol. The minimum Gasteiger partial charge on any atom is -0.506 e. The summed E-state index contributed by atoms with van der Waals surface area (Å²) in [4.78, 5) is 4.12. The number of rotatable bonds is 4. The molecule has 2 heterocycles. The van der Waals surface area contributed by atoms with Crippen LogP contribution in [0.15, 0.2) is 36.5 Å². The van der Waals surface area contributed by atoms with Gasteiger partial charge in [0.05, 0.1) is 11.9 Å². The highest BCUT2D eigenvalue weighted by Gasteiger charge is 2.11. The summed E-state index contributed by atoms with van der Waals surface area (Å²) in [6.07, 6.45) is 1.45. The number of aromatic nitrogens is 1. The maximum atomic E-state index is 9.16. The first-order chi connectivity index (χ1) is 9.81. The van der Waals surface area contributed by atoms with E-state index in [1.807, 2.05) is 18.2 Å². The molecule has 0 fully saturated rings. The number of hydrogen-bond acceptors (Lipinski definition) is 5. The largest absolute Gasteiger partial charge is 0.506 e. The van der Waals surface area contributed by atoms with Crippen molar-refractivity contribution in [3.63, 3.8) is 0 Å².